The minimum absolute atomic E-state index is 0.0475. The first-order valence-electron chi connectivity index (χ1n) is 6.05. The third-order valence-electron chi connectivity index (χ3n) is 2.39. The predicted molar refractivity (Wildman–Crippen MR) is 78.6 cm³/mol. The van der Waals surface area contributed by atoms with Gasteiger partial charge in [0.15, 0.2) is 0 Å². The van der Waals surface area contributed by atoms with E-state index in [-0.39, 0.29) is 18.8 Å². The van der Waals surface area contributed by atoms with Gasteiger partial charge in [0.2, 0.25) is 10.0 Å². The maximum atomic E-state index is 11.1. The number of sulfonamides is 1. The second-order valence-electron chi connectivity index (χ2n) is 4.08. The van der Waals surface area contributed by atoms with Crippen LogP contribution in [0, 0.1) is 10.1 Å². The lowest BCUT2D eigenvalue weighted by Crippen LogP contribution is -2.27. The quantitative estimate of drug-likeness (QED) is 0.375. The van der Waals surface area contributed by atoms with Gasteiger partial charge in [-0.3, -0.25) is 10.1 Å². The molecule has 0 bridgehead atoms. The summed E-state index contributed by atoms with van der Waals surface area (Å²) in [5, 5.41) is 16.9. The lowest BCUT2D eigenvalue weighted by atomic mass is 10.2. The third-order valence-corrected chi connectivity index (χ3v) is 3.12. The number of rotatable bonds is 8. The molecule has 1 aromatic rings. The summed E-state index contributed by atoms with van der Waals surface area (Å²) in [6.45, 7) is 2.82. The van der Waals surface area contributed by atoms with E-state index in [4.69, 9.17) is 0 Å². The Labute approximate surface area is 117 Å². The molecule has 0 heterocycles. The van der Waals surface area contributed by atoms with E-state index in [9.17, 15) is 18.5 Å². The SMILES string of the molecule is CCNc1cccc(NCCNS(C)(=O)=O)c1[N+](=O)[O-]. The average Bonchev–Trinajstić information content (AvgIpc) is 2.33. The van der Waals surface area contributed by atoms with Gasteiger partial charge in [-0.1, -0.05) is 6.07 Å². The molecule has 8 nitrogen and oxygen atoms in total. The van der Waals surface area contributed by atoms with Crippen LogP contribution >= 0.6 is 0 Å². The molecule has 0 saturated heterocycles. The van der Waals surface area contributed by atoms with E-state index in [2.05, 4.69) is 15.4 Å². The molecule has 3 N–H and O–H groups in total. The average molecular weight is 302 g/mol. The molecule has 0 radical (unpaired) electrons. The van der Waals surface area contributed by atoms with Crippen molar-refractivity contribution < 1.29 is 13.3 Å². The maximum absolute atomic E-state index is 11.1. The molecule has 0 unspecified atom stereocenters. The van der Waals surface area contributed by atoms with Crippen molar-refractivity contribution in [1.82, 2.24) is 4.72 Å². The number of hydrogen-bond acceptors (Lipinski definition) is 6. The summed E-state index contributed by atoms with van der Waals surface area (Å²) < 4.78 is 24.1. The van der Waals surface area contributed by atoms with E-state index in [1.54, 1.807) is 18.2 Å². The number of anilines is 2. The second kappa shape index (κ2) is 7.06. The molecule has 0 fully saturated rings. The molecule has 1 aromatic carbocycles. The molecule has 1 rings (SSSR count). The Morgan fingerprint density at radius 3 is 2.30 bits per heavy atom. The molecular formula is C11H18N4O4S. The minimum atomic E-state index is -3.26. The van der Waals surface area contributed by atoms with Crippen molar-refractivity contribution in [2.24, 2.45) is 0 Å². The Morgan fingerprint density at radius 1 is 1.20 bits per heavy atom. The van der Waals surface area contributed by atoms with Gasteiger partial charge in [0.25, 0.3) is 0 Å². The highest BCUT2D eigenvalue weighted by atomic mass is 32.2. The summed E-state index contributed by atoms with van der Waals surface area (Å²) in [6, 6.07) is 4.90. The van der Waals surface area contributed by atoms with Gasteiger partial charge in [0, 0.05) is 19.6 Å². The fourth-order valence-electron chi connectivity index (χ4n) is 1.65. The van der Waals surface area contributed by atoms with Crippen molar-refractivity contribution in [3.05, 3.63) is 28.3 Å². The van der Waals surface area contributed by atoms with Gasteiger partial charge in [-0.25, -0.2) is 13.1 Å². The summed E-state index contributed by atoms with van der Waals surface area (Å²) >= 11 is 0. The van der Waals surface area contributed by atoms with Crippen LogP contribution in [0.5, 0.6) is 0 Å². The molecule has 20 heavy (non-hydrogen) atoms. The smallest absolute Gasteiger partial charge is 0.315 e. The number of para-hydroxylation sites is 1. The van der Waals surface area contributed by atoms with Crippen LogP contribution in [-0.2, 0) is 10.0 Å². The first-order valence-corrected chi connectivity index (χ1v) is 7.94. The first-order chi connectivity index (χ1) is 9.35. The van der Waals surface area contributed by atoms with E-state index in [1.165, 1.54) is 0 Å². The van der Waals surface area contributed by atoms with Gasteiger partial charge in [-0.2, -0.15) is 0 Å². The van der Waals surface area contributed by atoms with Gasteiger partial charge >= 0.3 is 5.69 Å². The summed E-state index contributed by atoms with van der Waals surface area (Å²) in [5.74, 6) is 0. The normalized spacial score (nSPS) is 11.1. The van der Waals surface area contributed by atoms with Crippen molar-refractivity contribution in [2.75, 3.05) is 36.5 Å². The van der Waals surface area contributed by atoms with Crippen molar-refractivity contribution in [3.8, 4) is 0 Å². The number of nitrogens with zero attached hydrogens (tertiary/aromatic N) is 1. The molecule has 0 atom stereocenters. The number of nitro benzene ring substituents is 1. The summed E-state index contributed by atoms with van der Waals surface area (Å²) in [4.78, 5) is 10.7. The maximum Gasteiger partial charge on any atom is 0.315 e. The summed E-state index contributed by atoms with van der Waals surface area (Å²) in [6.07, 6.45) is 1.06. The van der Waals surface area contributed by atoms with Gasteiger partial charge < -0.3 is 10.6 Å². The molecule has 0 aliphatic heterocycles. The van der Waals surface area contributed by atoms with E-state index >= 15 is 0 Å². The van der Waals surface area contributed by atoms with Crippen LogP contribution < -0.4 is 15.4 Å². The summed E-state index contributed by atoms with van der Waals surface area (Å²) in [5.41, 5.74) is 0.732. The van der Waals surface area contributed by atoms with Crippen LogP contribution in [0.1, 0.15) is 6.92 Å². The largest absolute Gasteiger partial charge is 0.380 e. The Bertz CT molecular complexity index is 574. The number of nitro groups is 1. The van der Waals surface area contributed by atoms with E-state index in [0.29, 0.717) is 17.9 Å². The molecule has 9 heteroatoms. The lowest BCUT2D eigenvalue weighted by Gasteiger charge is -2.10. The van der Waals surface area contributed by atoms with Gasteiger partial charge in [0.1, 0.15) is 11.4 Å². The fraction of sp³-hybridized carbons (Fsp3) is 0.455. The number of nitrogens with one attached hydrogen (secondary N) is 3. The minimum Gasteiger partial charge on any atom is -0.380 e. The van der Waals surface area contributed by atoms with E-state index in [0.717, 1.165) is 6.26 Å². The number of benzene rings is 1. The van der Waals surface area contributed by atoms with Gasteiger partial charge in [0.05, 0.1) is 11.2 Å². The van der Waals surface area contributed by atoms with E-state index in [1.807, 2.05) is 6.92 Å². The van der Waals surface area contributed by atoms with E-state index < -0.39 is 14.9 Å². The summed E-state index contributed by atoms with van der Waals surface area (Å²) in [7, 11) is -3.26. The monoisotopic (exact) mass is 302 g/mol. The highest BCUT2D eigenvalue weighted by molar-refractivity contribution is 7.88. The zero-order valence-electron chi connectivity index (χ0n) is 11.3. The Morgan fingerprint density at radius 2 is 1.80 bits per heavy atom. The molecule has 0 aliphatic carbocycles. The Balaban J connectivity index is 2.79. The third kappa shape index (κ3) is 5.02. The van der Waals surface area contributed by atoms with Crippen LogP contribution in [0.2, 0.25) is 0 Å². The van der Waals surface area contributed by atoms with Crippen LogP contribution in [0.4, 0.5) is 17.1 Å². The van der Waals surface area contributed by atoms with Crippen LogP contribution in [0.15, 0.2) is 18.2 Å². The van der Waals surface area contributed by atoms with Crippen molar-refractivity contribution in [3.63, 3.8) is 0 Å². The highest BCUT2D eigenvalue weighted by Gasteiger charge is 2.18. The second-order valence-corrected chi connectivity index (χ2v) is 5.92. The molecule has 112 valence electrons. The topological polar surface area (TPSA) is 113 Å². The van der Waals surface area contributed by atoms with Crippen LogP contribution in [-0.4, -0.2) is 39.2 Å². The van der Waals surface area contributed by atoms with Gasteiger partial charge in [-0.05, 0) is 19.1 Å². The lowest BCUT2D eigenvalue weighted by molar-refractivity contribution is -0.383. The molecule has 0 aliphatic rings. The fourth-order valence-corrected chi connectivity index (χ4v) is 2.12. The number of hydrogen-bond donors (Lipinski definition) is 3. The standard InChI is InChI=1S/C11H18N4O4S/c1-3-12-9-5-4-6-10(11(9)15(16)17)13-7-8-14-20(2,18)19/h4-6,12-14H,3,7-8H2,1-2H3. The Hall–Kier alpha value is -1.87. The van der Waals surface area contributed by atoms with Crippen molar-refractivity contribution >= 4 is 27.1 Å². The molecule has 0 aromatic heterocycles. The molecule has 0 saturated carbocycles. The van der Waals surface area contributed by atoms with Gasteiger partial charge in [-0.15, -0.1) is 0 Å². The van der Waals surface area contributed by atoms with Crippen LogP contribution in [0.25, 0.3) is 0 Å². The van der Waals surface area contributed by atoms with Crippen LogP contribution in [0.3, 0.4) is 0 Å². The predicted octanol–water partition coefficient (Wildman–Crippen LogP) is 0.988. The molecular weight excluding hydrogens is 284 g/mol. The highest BCUT2D eigenvalue weighted by Crippen LogP contribution is 2.32. The molecule has 0 amide bonds. The first kappa shape index (κ1) is 16.2. The zero-order valence-corrected chi connectivity index (χ0v) is 12.2. The Kier molecular flexibility index (Phi) is 5.71. The van der Waals surface area contributed by atoms with Crippen molar-refractivity contribution in [1.29, 1.82) is 0 Å². The zero-order chi connectivity index (χ0) is 15.2. The molecule has 0 spiro atoms. The van der Waals surface area contributed by atoms with Crippen molar-refractivity contribution in [2.45, 2.75) is 6.92 Å².